The molecule has 4 heteroatoms. The Hall–Kier alpha value is -0.160. The summed E-state index contributed by atoms with van der Waals surface area (Å²) < 4.78 is 16.4. The van der Waals surface area contributed by atoms with Crippen LogP contribution >= 0.6 is 0 Å². The largest absolute Gasteiger partial charge is 0.393 e. The quantitative estimate of drug-likeness (QED) is 0.561. The zero-order chi connectivity index (χ0) is 14.5. The highest BCUT2D eigenvalue weighted by molar-refractivity contribution is 4.74. The molecular formula is C16H32O4. The molecule has 0 aromatic carbocycles. The molecule has 0 saturated heterocycles. The fraction of sp³-hybridized carbons (Fsp3) is 1.00. The maximum atomic E-state index is 9.84. The second-order valence-electron chi connectivity index (χ2n) is 5.59. The lowest BCUT2D eigenvalue weighted by Crippen LogP contribution is -2.25. The fourth-order valence-corrected chi connectivity index (χ4v) is 2.55. The van der Waals surface area contributed by atoms with Gasteiger partial charge in [-0.3, -0.25) is 0 Å². The van der Waals surface area contributed by atoms with Crippen molar-refractivity contribution in [1.29, 1.82) is 0 Å². The van der Waals surface area contributed by atoms with Gasteiger partial charge in [-0.25, -0.2) is 0 Å². The maximum Gasteiger partial charge on any atom is 0.0701 e. The van der Waals surface area contributed by atoms with Gasteiger partial charge in [-0.15, -0.1) is 0 Å². The number of hydrogen-bond acceptors (Lipinski definition) is 4. The number of aliphatic hydroxyl groups excluding tert-OH is 1. The predicted molar refractivity (Wildman–Crippen MR) is 79.9 cm³/mol. The Balaban J connectivity index is 1.78. The van der Waals surface area contributed by atoms with E-state index in [9.17, 15) is 5.11 Å². The normalized spacial score (nSPS) is 23.1. The third-order valence-electron chi connectivity index (χ3n) is 3.89. The van der Waals surface area contributed by atoms with Crippen molar-refractivity contribution in [3.05, 3.63) is 0 Å². The van der Waals surface area contributed by atoms with Gasteiger partial charge in [-0.1, -0.05) is 26.2 Å². The van der Waals surface area contributed by atoms with Crippen LogP contribution in [0.5, 0.6) is 0 Å². The molecule has 0 heterocycles. The van der Waals surface area contributed by atoms with Gasteiger partial charge in [0.05, 0.1) is 32.5 Å². The van der Waals surface area contributed by atoms with E-state index in [2.05, 4.69) is 6.92 Å². The van der Waals surface area contributed by atoms with E-state index in [1.807, 2.05) is 0 Å². The van der Waals surface area contributed by atoms with Crippen LogP contribution in [-0.2, 0) is 14.2 Å². The van der Waals surface area contributed by atoms with Gasteiger partial charge in [0.15, 0.2) is 0 Å². The summed E-state index contributed by atoms with van der Waals surface area (Å²) >= 11 is 0. The summed E-state index contributed by atoms with van der Waals surface area (Å²) in [5, 5.41) is 9.84. The summed E-state index contributed by atoms with van der Waals surface area (Å²) in [6, 6.07) is 0. The molecule has 1 saturated carbocycles. The molecule has 1 fully saturated rings. The fourth-order valence-electron chi connectivity index (χ4n) is 2.55. The zero-order valence-corrected chi connectivity index (χ0v) is 13.0. The number of aliphatic hydroxyl groups is 1. The molecule has 2 atom stereocenters. The van der Waals surface area contributed by atoms with Crippen LogP contribution < -0.4 is 0 Å². The van der Waals surface area contributed by atoms with E-state index in [0.29, 0.717) is 32.3 Å². The van der Waals surface area contributed by atoms with Crippen LogP contribution in [0.15, 0.2) is 0 Å². The summed E-state index contributed by atoms with van der Waals surface area (Å²) in [5.41, 5.74) is 0. The first-order chi connectivity index (χ1) is 9.84. The van der Waals surface area contributed by atoms with Crippen LogP contribution in [0.25, 0.3) is 0 Å². The molecule has 0 radical (unpaired) electrons. The lowest BCUT2D eigenvalue weighted by molar-refractivity contribution is 0.00250. The Bertz CT molecular complexity index is 211. The first-order valence-corrected chi connectivity index (χ1v) is 8.26. The van der Waals surface area contributed by atoms with Crippen LogP contribution in [-0.4, -0.2) is 50.9 Å². The minimum absolute atomic E-state index is 0.108. The zero-order valence-electron chi connectivity index (χ0n) is 13.0. The lowest BCUT2D eigenvalue weighted by atomic mass is 9.85. The van der Waals surface area contributed by atoms with Crippen molar-refractivity contribution in [3.8, 4) is 0 Å². The van der Waals surface area contributed by atoms with Crippen molar-refractivity contribution in [3.63, 3.8) is 0 Å². The summed E-state index contributed by atoms with van der Waals surface area (Å²) in [6.07, 6.45) is 7.70. The Morgan fingerprint density at radius 2 is 1.45 bits per heavy atom. The van der Waals surface area contributed by atoms with E-state index in [-0.39, 0.29) is 6.10 Å². The van der Waals surface area contributed by atoms with Crippen LogP contribution in [0.3, 0.4) is 0 Å². The van der Waals surface area contributed by atoms with Crippen LogP contribution in [0, 0.1) is 5.92 Å². The average molecular weight is 288 g/mol. The van der Waals surface area contributed by atoms with Crippen LogP contribution in [0.4, 0.5) is 0 Å². The Kier molecular flexibility index (Phi) is 11.2. The number of rotatable bonds is 12. The molecular weight excluding hydrogens is 256 g/mol. The Morgan fingerprint density at radius 1 is 0.850 bits per heavy atom. The van der Waals surface area contributed by atoms with Gasteiger partial charge in [0.2, 0.25) is 0 Å². The second-order valence-corrected chi connectivity index (χ2v) is 5.59. The van der Waals surface area contributed by atoms with Crippen LogP contribution in [0.2, 0.25) is 0 Å². The van der Waals surface area contributed by atoms with Crippen molar-refractivity contribution in [2.45, 2.75) is 58.0 Å². The highest BCUT2D eigenvalue weighted by atomic mass is 16.5. The molecule has 120 valence electrons. The topological polar surface area (TPSA) is 47.9 Å². The summed E-state index contributed by atoms with van der Waals surface area (Å²) in [6.45, 7) is 6.31. The molecule has 1 rings (SSSR count). The average Bonchev–Trinajstić information content (AvgIpc) is 2.46. The summed E-state index contributed by atoms with van der Waals surface area (Å²) in [7, 11) is 0. The SMILES string of the molecule is CCCCOCCOCCOCCC1CCCCC1O. The minimum Gasteiger partial charge on any atom is -0.393 e. The highest BCUT2D eigenvalue weighted by Crippen LogP contribution is 2.26. The molecule has 0 bridgehead atoms. The molecule has 1 aliphatic carbocycles. The van der Waals surface area contributed by atoms with Crippen molar-refractivity contribution in [2.24, 2.45) is 5.92 Å². The maximum absolute atomic E-state index is 9.84. The molecule has 0 spiro atoms. The highest BCUT2D eigenvalue weighted by Gasteiger charge is 2.22. The van der Waals surface area contributed by atoms with Gasteiger partial charge in [-0.2, -0.15) is 0 Å². The van der Waals surface area contributed by atoms with Crippen molar-refractivity contribution >= 4 is 0 Å². The molecule has 0 aromatic heterocycles. The Labute approximate surface area is 123 Å². The van der Waals surface area contributed by atoms with E-state index in [4.69, 9.17) is 14.2 Å². The van der Waals surface area contributed by atoms with E-state index < -0.39 is 0 Å². The molecule has 4 nitrogen and oxygen atoms in total. The lowest BCUT2D eigenvalue weighted by Gasteiger charge is -2.27. The predicted octanol–water partition coefficient (Wildman–Crippen LogP) is 2.78. The van der Waals surface area contributed by atoms with Gasteiger partial charge in [0, 0.05) is 13.2 Å². The van der Waals surface area contributed by atoms with E-state index in [1.54, 1.807) is 0 Å². The molecule has 0 amide bonds. The van der Waals surface area contributed by atoms with Crippen molar-refractivity contribution < 1.29 is 19.3 Å². The molecule has 20 heavy (non-hydrogen) atoms. The van der Waals surface area contributed by atoms with Gasteiger partial charge in [0.25, 0.3) is 0 Å². The molecule has 1 N–H and O–H groups in total. The van der Waals surface area contributed by atoms with E-state index in [1.165, 1.54) is 19.3 Å². The smallest absolute Gasteiger partial charge is 0.0701 e. The molecule has 0 aliphatic heterocycles. The Morgan fingerprint density at radius 3 is 2.10 bits per heavy atom. The minimum atomic E-state index is -0.108. The number of unbranched alkanes of at least 4 members (excludes halogenated alkanes) is 1. The monoisotopic (exact) mass is 288 g/mol. The third kappa shape index (κ3) is 8.90. The van der Waals surface area contributed by atoms with Crippen molar-refractivity contribution in [2.75, 3.05) is 39.6 Å². The molecule has 0 aromatic rings. The standard InChI is InChI=1S/C16H32O4/c1-2-3-9-18-11-13-20-14-12-19-10-8-15-6-4-5-7-16(15)17/h15-17H,2-14H2,1H3. The van der Waals surface area contributed by atoms with Crippen LogP contribution in [0.1, 0.15) is 51.9 Å². The second kappa shape index (κ2) is 12.6. The van der Waals surface area contributed by atoms with Gasteiger partial charge in [0.1, 0.15) is 0 Å². The first kappa shape index (κ1) is 17.9. The molecule has 2 unspecified atom stereocenters. The van der Waals surface area contributed by atoms with E-state index >= 15 is 0 Å². The first-order valence-electron chi connectivity index (χ1n) is 8.26. The van der Waals surface area contributed by atoms with E-state index in [0.717, 1.165) is 38.9 Å². The number of ether oxygens (including phenoxy) is 3. The summed E-state index contributed by atoms with van der Waals surface area (Å²) in [4.78, 5) is 0. The number of hydrogen-bond donors (Lipinski definition) is 1. The molecule has 1 aliphatic rings. The van der Waals surface area contributed by atoms with Crippen molar-refractivity contribution in [1.82, 2.24) is 0 Å². The third-order valence-corrected chi connectivity index (χ3v) is 3.89. The van der Waals surface area contributed by atoms with Gasteiger partial charge < -0.3 is 19.3 Å². The summed E-state index contributed by atoms with van der Waals surface area (Å²) in [5.74, 6) is 0.441. The van der Waals surface area contributed by atoms with Gasteiger partial charge in [-0.05, 0) is 31.6 Å². The van der Waals surface area contributed by atoms with Gasteiger partial charge >= 0.3 is 0 Å².